The van der Waals surface area contributed by atoms with Crippen LogP contribution in [-0.4, -0.2) is 35.9 Å². The van der Waals surface area contributed by atoms with E-state index in [1.54, 1.807) is 21.1 Å². The quantitative estimate of drug-likeness (QED) is 0.705. The molecular formula is C16H18N4O3S. The van der Waals surface area contributed by atoms with Gasteiger partial charge in [-0.1, -0.05) is 23.5 Å². The molecule has 0 atom stereocenters. The van der Waals surface area contributed by atoms with Crippen molar-refractivity contribution < 1.29 is 9.47 Å². The number of anilines is 1. The maximum Gasteiger partial charge on any atom is 0.275 e. The Balaban J connectivity index is 1.95. The number of nitrogens with zero attached hydrogens (tertiary/aromatic N) is 4. The molecule has 3 rings (SSSR count). The summed E-state index contributed by atoms with van der Waals surface area (Å²) in [6, 6.07) is 7.21. The lowest BCUT2D eigenvalue weighted by atomic mass is 10.2. The molecule has 0 unspecified atom stereocenters. The molecule has 0 aliphatic carbocycles. The van der Waals surface area contributed by atoms with Gasteiger partial charge in [0, 0.05) is 30.9 Å². The number of rotatable bonds is 5. The molecule has 2 aromatic heterocycles. The third-order valence-corrected chi connectivity index (χ3v) is 4.60. The van der Waals surface area contributed by atoms with Gasteiger partial charge in [-0.05, 0) is 13.0 Å². The van der Waals surface area contributed by atoms with Crippen molar-refractivity contribution in [2.75, 3.05) is 26.2 Å². The van der Waals surface area contributed by atoms with Crippen molar-refractivity contribution in [3.05, 3.63) is 45.9 Å². The van der Waals surface area contributed by atoms with E-state index in [2.05, 4.69) is 10.1 Å². The predicted molar refractivity (Wildman–Crippen MR) is 93.5 cm³/mol. The van der Waals surface area contributed by atoms with Gasteiger partial charge in [0.25, 0.3) is 5.56 Å². The Morgan fingerprint density at radius 2 is 2.08 bits per heavy atom. The number of hydrogen-bond donors (Lipinski definition) is 0. The number of aryl methyl sites for hydroxylation is 1. The molecule has 2 heterocycles. The molecule has 126 valence electrons. The van der Waals surface area contributed by atoms with E-state index in [0.717, 1.165) is 5.56 Å². The van der Waals surface area contributed by atoms with Crippen molar-refractivity contribution in [3.63, 3.8) is 0 Å². The highest BCUT2D eigenvalue weighted by Crippen LogP contribution is 2.32. The molecule has 0 bridgehead atoms. The Kier molecular flexibility index (Phi) is 4.39. The number of aromatic nitrogens is 3. The molecule has 24 heavy (non-hydrogen) atoms. The van der Waals surface area contributed by atoms with Gasteiger partial charge in [-0.2, -0.15) is 4.52 Å². The Bertz CT molecular complexity index is 935. The van der Waals surface area contributed by atoms with Gasteiger partial charge in [0.05, 0.1) is 14.2 Å². The van der Waals surface area contributed by atoms with Crippen molar-refractivity contribution >= 4 is 21.4 Å². The summed E-state index contributed by atoms with van der Waals surface area (Å²) < 4.78 is 12.1. The first-order chi connectivity index (χ1) is 11.5. The van der Waals surface area contributed by atoms with Crippen LogP contribution >= 0.6 is 11.3 Å². The highest BCUT2D eigenvalue weighted by Gasteiger charge is 2.15. The van der Waals surface area contributed by atoms with E-state index in [0.29, 0.717) is 33.8 Å². The van der Waals surface area contributed by atoms with Crippen LogP contribution in [0.4, 0.5) is 5.13 Å². The second-order valence-corrected chi connectivity index (χ2v) is 6.26. The Morgan fingerprint density at radius 3 is 2.79 bits per heavy atom. The topological polar surface area (TPSA) is 69.0 Å². The van der Waals surface area contributed by atoms with E-state index in [4.69, 9.17) is 9.47 Å². The number of ether oxygens (including phenoxy) is 2. The third kappa shape index (κ3) is 2.92. The highest BCUT2D eigenvalue weighted by atomic mass is 32.1. The third-order valence-electron chi connectivity index (χ3n) is 3.58. The summed E-state index contributed by atoms with van der Waals surface area (Å²) in [5.41, 5.74) is 1.48. The molecule has 3 aromatic rings. The minimum Gasteiger partial charge on any atom is -0.493 e. The lowest BCUT2D eigenvalue weighted by molar-refractivity contribution is 0.351. The lowest BCUT2D eigenvalue weighted by Gasteiger charge is -2.18. The van der Waals surface area contributed by atoms with Gasteiger partial charge in [-0.15, -0.1) is 5.10 Å². The molecular weight excluding hydrogens is 328 g/mol. The van der Waals surface area contributed by atoms with E-state index in [1.807, 2.05) is 30.1 Å². The summed E-state index contributed by atoms with van der Waals surface area (Å²) in [4.78, 5) is 18.9. The number of fused-ring (bicyclic) bond motifs is 1. The van der Waals surface area contributed by atoms with E-state index in [1.165, 1.54) is 21.9 Å². The summed E-state index contributed by atoms with van der Waals surface area (Å²) in [6.45, 7) is 2.36. The van der Waals surface area contributed by atoms with Crippen molar-refractivity contribution in [1.29, 1.82) is 0 Å². The fourth-order valence-corrected chi connectivity index (χ4v) is 3.38. The molecule has 0 fully saturated rings. The van der Waals surface area contributed by atoms with Crippen LogP contribution in [-0.2, 0) is 6.54 Å². The SMILES string of the molecule is COc1cccc(CN(C)c2nn3c(=O)cc(C)nc3s2)c1OC. The fourth-order valence-electron chi connectivity index (χ4n) is 2.47. The minimum absolute atomic E-state index is 0.174. The van der Waals surface area contributed by atoms with Gasteiger partial charge >= 0.3 is 0 Å². The molecule has 0 saturated heterocycles. The van der Waals surface area contributed by atoms with E-state index in [-0.39, 0.29) is 5.56 Å². The fraction of sp³-hybridized carbons (Fsp3) is 0.312. The van der Waals surface area contributed by atoms with Crippen LogP contribution in [0.5, 0.6) is 11.5 Å². The highest BCUT2D eigenvalue weighted by molar-refractivity contribution is 7.20. The number of para-hydroxylation sites is 1. The predicted octanol–water partition coefficient (Wildman–Crippen LogP) is 2.11. The van der Waals surface area contributed by atoms with Crippen LogP contribution in [0.3, 0.4) is 0 Å². The van der Waals surface area contributed by atoms with Gasteiger partial charge in [0.1, 0.15) is 0 Å². The lowest BCUT2D eigenvalue weighted by Crippen LogP contribution is -2.19. The second kappa shape index (κ2) is 6.48. The zero-order chi connectivity index (χ0) is 17.3. The average Bonchev–Trinajstić information content (AvgIpc) is 2.99. The first-order valence-electron chi connectivity index (χ1n) is 7.32. The normalized spacial score (nSPS) is 10.8. The standard InChI is InChI=1S/C16H18N4O3S/c1-10-8-13(21)20-15(17-10)24-16(18-20)19(2)9-11-6-5-7-12(22-3)14(11)23-4/h5-8H,9H2,1-4H3. The molecule has 0 aliphatic rings. The average molecular weight is 346 g/mol. The van der Waals surface area contributed by atoms with Crippen molar-refractivity contribution in [3.8, 4) is 11.5 Å². The molecule has 0 aliphatic heterocycles. The van der Waals surface area contributed by atoms with Crippen LogP contribution in [0.15, 0.2) is 29.1 Å². The number of hydrogen-bond acceptors (Lipinski definition) is 7. The van der Waals surface area contributed by atoms with Gasteiger partial charge in [0.15, 0.2) is 11.5 Å². The molecule has 0 N–H and O–H groups in total. The van der Waals surface area contributed by atoms with Crippen LogP contribution in [0.25, 0.3) is 4.96 Å². The molecule has 0 radical (unpaired) electrons. The van der Waals surface area contributed by atoms with E-state index >= 15 is 0 Å². The minimum atomic E-state index is -0.174. The van der Waals surface area contributed by atoms with Gasteiger partial charge in [-0.25, -0.2) is 4.98 Å². The molecule has 0 saturated carbocycles. The maximum absolute atomic E-state index is 12.0. The summed E-state index contributed by atoms with van der Waals surface area (Å²) in [7, 11) is 5.14. The Hall–Kier alpha value is -2.61. The van der Waals surface area contributed by atoms with Crippen LogP contribution in [0.2, 0.25) is 0 Å². The maximum atomic E-state index is 12.0. The zero-order valence-electron chi connectivity index (χ0n) is 13.9. The monoisotopic (exact) mass is 346 g/mol. The van der Waals surface area contributed by atoms with Gasteiger partial charge in [-0.3, -0.25) is 4.79 Å². The first kappa shape index (κ1) is 16.3. The Labute approximate surface area is 143 Å². The second-order valence-electron chi connectivity index (χ2n) is 5.32. The zero-order valence-corrected chi connectivity index (χ0v) is 14.8. The van der Waals surface area contributed by atoms with Crippen LogP contribution in [0.1, 0.15) is 11.3 Å². The molecule has 1 aromatic carbocycles. The van der Waals surface area contributed by atoms with Gasteiger partial charge in [0.2, 0.25) is 10.1 Å². The summed E-state index contributed by atoms with van der Waals surface area (Å²) >= 11 is 1.37. The van der Waals surface area contributed by atoms with E-state index in [9.17, 15) is 4.79 Å². The summed E-state index contributed by atoms with van der Waals surface area (Å²) in [6.07, 6.45) is 0. The Morgan fingerprint density at radius 1 is 1.29 bits per heavy atom. The molecule has 0 spiro atoms. The largest absolute Gasteiger partial charge is 0.493 e. The van der Waals surface area contributed by atoms with Crippen molar-refractivity contribution in [2.24, 2.45) is 0 Å². The van der Waals surface area contributed by atoms with E-state index < -0.39 is 0 Å². The van der Waals surface area contributed by atoms with Gasteiger partial charge < -0.3 is 14.4 Å². The summed E-state index contributed by atoms with van der Waals surface area (Å²) in [5, 5.41) is 5.07. The number of benzene rings is 1. The smallest absolute Gasteiger partial charge is 0.275 e. The van der Waals surface area contributed by atoms with Crippen LogP contribution in [0, 0.1) is 6.92 Å². The van der Waals surface area contributed by atoms with Crippen molar-refractivity contribution in [2.45, 2.75) is 13.5 Å². The van der Waals surface area contributed by atoms with Crippen LogP contribution < -0.4 is 19.9 Å². The molecule has 8 heteroatoms. The first-order valence-corrected chi connectivity index (χ1v) is 8.13. The van der Waals surface area contributed by atoms with Crippen molar-refractivity contribution in [1.82, 2.24) is 14.6 Å². The number of methoxy groups -OCH3 is 2. The molecule has 0 amide bonds. The molecule has 7 nitrogen and oxygen atoms in total. The summed E-state index contributed by atoms with van der Waals surface area (Å²) in [5.74, 6) is 1.38.